The first-order valence-corrected chi connectivity index (χ1v) is 16.5. The molecule has 2 aromatic carbocycles. The maximum atomic E-state index is 11.6. The Morgan fingerprint density at radius 2 is 1.06 bits per heavy atom. The Hall–Kier alpha value is -4.16. The number of hydrogen-bond acceptors (Lipinski definition) is 10. The van der Waals surface area contributed by atoms with E-state index >= 15 is 0 Å². The Morgan fingerprint density at radius 3 is 1.31 bits per heavy atom. The van der Waals surface area contributed by atoms with E-state index in [2.05, 4.69) is 37.5 Å². The van der Waals surface area contributed by atoms with Gasteiger partial charge in [-0.05, 0) is 99.9 Å². The van der Waals surface area contributed by atoms with Crippen molar-refractivity contribution >= 4 is 35.3 Å². The van der Waals surface area contributed by atoms with Crippen LogP contribution in [0.2, 0.25) is 0 Å². The standard InChI is InChI=1S/2C13H20N2O2.C10H16O4/c2*1-3-15(4-2)9-10-17-13(16)11-5-7-12(14)8-6-11;1-9(2)6(7(11)12)4-5-10(9,3)8(13)14/h2*5-8H,3-4,9-10,14H2,1-2H3;6H,4-5H2,1-3H3,(H,11,12)(H,13,14)/t;;6-,10+/m..1/s1. The van der Waals surface area contributed by atoms with Crippen molar-refractivity contribution in [3.63, 3.8) is 0 Å². The number of benzene rings is 2. The van der Waals surface area contributed by atoms with Crippen molar-refractivity contribution in [2.75, 3.05) is 63.9 Å². The van der Waals surface area contributed by atoms with Gasteiger partial charge in [-0.15, -0.1) is 0 Å². The topological polar surface area (TPSA) is 186 Å². The van der Waals surface area contributed by atoms with Gasteiger partial charge in [-0.3, -0.25) is 9.59 Å². The molecule has 0 saturated heterocycles. The maximum Gasteiger partial charge on any atom is 0.338 e. The summed E-state index contributed by atoms with van der Waals surface area (Å²) in [5.74, 6) is -2.93. The van der Waals surface area contributed by atoms with Gasteiger partial charge in [0.1, 0.15) is 13.2 Å². The number of carbonyl (C=O) groups is 4. The number of nitrogens with two attached hydrogens (primary N) is 2. The number of carboxylic acid groups (broad SMARTS) is 2. The van der Waals surface area contributed by atoms with E-state index in [0.717, 1.165) is 39.3 Å². The highest BCUT2D eigenvalue weighted by Gasteiger charge is 2.58. The summed E-state index contributed by atoms with van der Waals surface area (Å²) in [6.45, 7) is 19.7. The molecule has 0 bridgehead atoms. The molecule has 2 atom stereocenters. The summed E-state index contributed by atoms with van der Waals surface area (Å²) in [6.07, 6.45) is 0.886. The maximum absolute atomic E-state index is 11.6. The van der Waals surface area contributed by atoms with Gasteiger partial charge in [-0.1, -0.05) is 41.5 Å². The molecule has 0 spiro atoms. The van der Waals surface area contributed by atoms with Crippen molar-refractivity contribution in [3.8, 4) is 0 Å². The van der Waals surface area contributed by atoms with Crippen LogP contribution < -0.4 is 11.5 Å². The second-order valence-electron chi connectivity index (χ2n) is 12.4. The molecule has 1 aliphatic rings. The minimum Gasteiger partial charge on any atom is -0.481 e. The van der Waals surface area contributed by atoms with Gasteiger partial charge in [0, 0.05) is 24.5 Å². The average molecular weight is 673 g/mol. The van der Waals surface area contributed by atoms with Gasteiger partial charge in [0.05, 0.1) is 22.5 Å². The molecule has 3 rings (SSSR count). The van der Waals surface area contributed by atoms with Gasteiger partial charge in [0.15, 0.2) is 0 Å². The van der Waals surface area contributed by atoms with Crippen molar-refractivity contribution in [2.45, 2.75) is 61.3 Å². The lowest BCUT2D eigenvalue weighted by atomic mass is 9.66. The highest BCUT2D eigenvalue weighted by molar-refractivity contribution is 5.90. The summed E-state index contributed by atoms with van der Waals surface area (Å²) in [5, 5.41) is 18.1. The van der Waals surface area contributed by atoms with Crippen molar-refractivity contribution in [1.29, 1.82) is 0 Å². The van der Waals surface area contributed by atoms with Crippen LogP contribution in [0.25, 0.3) is 0 Å². The number of nitrogens with zero attached hydrogens (tertiary/aromatic N) is 2. The van der Waals surface area contributed by atoms with E-state index < -0.39 is 28.7 Å². The zero-order chi connectivity index (χ0) is 36.5. The third kappa shape index (κ3) is 12.5. The third-order valence-corrected chi connectivity index (χ3v) is 9.36. The van der Waals surface area contributed by atoms with Gasteiger partial charge in [0.2, 0.25) is 0 Å². The zero-order valence-electron chi connectivity index (χ0n) is 29.7. The predicted octanol–water partition coefficient (Wildman–Crippen LogP) is 5.13. The van der Waals surface area contributed by atoms with E-state index in [4.69, 9.17) is 31.2 Å². The first-order chi connectivity index (χ1) is 22.6. The van der Waals surface area contributed by atoms with Gasteiger partial charge in [0.25, 0.3) is 0 Å². The lowest BCUT2D eigenvalue weighted by Crippen LogP contribution is -2.42. The Kier molecular flexibility index (Phi) is 17.7. The monoisotopic (exact) mass is 672 g/mol. The molecule has 2 aromatic rings. The molecule has 1 saturated carbocycles. The SMILES string of the molecule is CC1(C)[C@@H](C(=O)O)CC[C@@]1(C)C(=O)O.CCN(CC)CCOC(=O)c1ccc(N)cc1.CCN(CC)CCOC(=O)c1ccc(N)cc1. The Labute approximate surface area is 285 Å². The molecular formula is C36H56N4O8. The number of ether oxygens (including phenoxy) is 2. The van der Waals surface area contributed by atoms with Gasteiger partial charge >= 0.3 is 23.9 Å². The van der Waals surface area contributed by atoms with E-state index in [1.165, 1.54) is 0 Å². The number of nitrogen functional groups attached to an aromatic ring is 2. The fourth-order valence-corrected chi connectivity index (χ4v) is 5.33. The Morgan fingerprint density at radius 1 is 0.708 bits per heavy atom. The average Bonchev–Trinajstić information content (AvgIpc) is 3.31. The number of anilines is 2. The first-order valence-electron chi connectivity index (χ1n) is 16.5. The fourth-order valence-electron chi connectivity index (χ4n) is 5.33. The van der Waals surface area contributed by atoms with Gasteiger partial charge in [-0.2, -0.15) is 0 Å². The predicted molar refractivity (Wildman–Crippen MR) is 188 cm³/mol. The molecule has 0 aromatic heterocycles. The van der Waals surface area contributed by atoms with Crippen LogP contribution >= 0.6 is 0 Å². The zero-order valence-corrected chi connectivity index (χ0v) is 29.7. The summed E-state index contributed by atoms with van der Waals surface area (Å²) in [7, 11) is 0. The van der Waals surface area contributed by atoms with Crippen LogP contribution in [0.3, 0.4) is 0 Å². The largest absolute Gasteiger partial charge is 0.481 e. The van der Waals surface area contributed by atoms with Crippen molar-refractivity contribution < 1.29 is 38.9 Å². The van der Waals surface area contributed by atoms with Crippen LogP contribution in [0, 0.1) is 16.7 Å². The molecule has 1 aliphatic carbocycles. The number of aliphatic carboxylic acids is 2. The Balaban J connectivity index is 0.000000362. The number of hydrogen-bond donors (Lipinski definition) is 4. The number of carboxylic acids is 2. The van der Waals surface area contributed by atoms with Gasteiger partial charge < -0.3 is 41.0 Å². The van der Waals surface area contributed by atoms with Crippen LogP contribution in [-0.4, -0.2) is 96.4 Å². The molecule has 6 N–H and O–H groups in total. The molecular weight excluding hydrogens is 616 g/mol. The van der Waals surface area contributed by atoms with Crippen molar-refractivity contribution in [2.24, 2.45) is 16.7 Å². The smallest absolute Gasteiger partial charge is 0.338 e. The molecule has 0 amide bonds. The minimum atomic E-state index is -0.921. The highest BCUT2D eigenvalue weighted by Crippen LogP contribution is 2.56. The van der Waals surface area contributed by atoms with E-state index in [-0.39, 0.29) is 11.9 Å². The summed E-state index contributed by atoms with van der Waals surface area (Å²) in [4.78, 5) is 49.7. The third-order valence-electron chi connectivity index (χ3n) is 9.36. The van der Waals surface area contributed by atoms with Crippen LogP contribution in [0.5, 0.6) is 0 Å². The van der Waals surface area contributed by atoms with E-state index in [1.807, 2.05) is 0 Å². The summed E-state index contributed by atoms with van der Waals surface area (Å²) in [5.41, 5.74) is 11.8. The van der Waals surface area contributed by atoms with E-state index in [0.29, 0.717) is 48.6 Å². The molecule has 0 unspecified atom stereocenters. The molecule has 0 heterocycles. The number of likely N-dealkylation sites (N-methyl/N-ethyl adjacent to an activating group) is 2. The molecule has 1 fully saturated rings. The van der Waals surface area contributed by atoms with Gasteiger partial charge in [-0.25, -0.2) is 9.59 Å². The van der Waals surface area contributed by atoms with Crippen LogP contribution in [0.4, 0.5) is 11.4 Å². The second kappa shape index (κ2) is 20.3. The lowest BCUT2D eigenvalue weighted by Gasteiger charge is -2.36. The number of rotatable bonds is 14. The van der Waals surface area contributed by atoms with E-state index in [1.54, 1.807) is 69.3 Å². The fraction of sp³-hybridized carbons (Fsp3) is 0.556. The lowest BCUT2D eigenvalue weighted by molar-refractivity contribution is -0.157. The summed E-state index contributed by atoms with van der Waals surface area (Å²) >= 11 is 0. The molecule has 12 heteroatoms. The van der Waals surface area contributed by atoms with Crippen LogP contribution in [0.15, 0.2) is 48.5 Å². The normalized spacial score (nSPS) is 17.8. The quantitative estimate of drug-likeness (QED) is 0.153. The summed E-state index contributed by atoms with van der Waals surface area (Å²) in [6, 6.07) is 13.5. The molecule has 0 radical (unpaired) electrons. The molecule has 12 nitrogen and oxygen atoms in total. The minimum absolute atomic E-state index is 0.294. The van der Waals surface area contributed by atoms with Crippen LogP contribution in [-0.2, 0) is 19.1 Å². The highest BCUT2D eigenvalue weighted by atomic mass is 16.5. The molecule has 0 aliphatic heterocycles. The van der Waals surface area contributed by atoms with Crippen LogP contribution in [0.1, 0.15) is 82.0 Å². The molecule has 268 valence electrons. The Bertz CT molecular complexity index is 1220. The number of carbonyl (C=O) groups excluding carboxylic acids is 2. The first kappa shape index (κ1) is 41.9. The van der Waals surface area contributed by atoms with E-state index in [9.17, 15) is 19.2 Å². The molecule has 48 heavy (non-hydrogen) atoms. The summed E-state index contributed by atoms with van der Waals surface area (Å²) < 4.78 is 10.4. The second-order valence-corrected chi connectivity index (χ2v) is 12.4. The van der Waals surface area contributed by atoms with Crippen molar-refractivity contribution in [3.05, 3.63) is 59.7 Å². The number of esters is 2. The van der Waals surface area contributed by atoms with Crippen molar-refractivity contribution in [1.82, 2.24) is 9.80 Å².